The van der Waals surface area contributed by atoms with E-state index in [1.807, 2.05) is 13.8 Å². The molecule has 0 saturated carbocycles. The highest BCUT2D eigenvalue weighted by Crippen LogP contribution is 2.47. The monoisotopic (exact) mass is 267 g/mol. The number of nitrogens with zero attached hydrogens (tertiary/aromatic N) is 1. The molecule has 1 heterocycles. The van der Waals surface area contributed by atoms with Gasteiger partial charge in [0.05, 0.1) is 21.5 Å². The van der Waals surface area contributed by atoms with Crippen molar-refractivity contribution in [2.45, 2.75) is 24.0 Å². The summed E-state index contributed by atoms with van der Waals surface area (Å²) in [4.78, 5) is 3.17. The Labute approximate surface area is 113 Å². The van der Waals surface area contributed by atoms with Crippen molar-refractivity contribution in [3.8, 4) is 5.75 Å². The molecule has 1 aromatic carbocycles. The first-order valence-corrected chi connectivity index (χ1v) is 6.92. The van der Waals surface area contributed by atoms with Gasteiger partial charge in [0.2, 0.25) is 0 Å². The molecule has 1 atom stereocenters. The van der Waals surface area contributed by atoms with E-state index in [-0.39, 0.29) is 0 Å². The van der Waals surface area contributed by atoms with Crippen LogP contribution < -0.4 is 16.2 Å². The predicted octanol–water partition coefficient (Wildman–Crippen LogP) is 1.88. The van der Waals surface area contributed by atoms with Crippen LogP contribution in [0, 0.1) is 13.8 Å². The molecule has 18 heavy (non-hydrogen) atoms. The number of fused-ring (bicyclic) bond motifs is 1. The van der Waals surface area contributed by atoms with Gasteiger partial charge >= 0.3 is 0 Å². The zero-order valence-electron chi connectivity index (χ0n) is 11.4. The molecular formula is C13H21N3OS. The van der Waals surface area contributed by atoms with E-state index in [9.17, 15) is 0 Å². The van der Waals surface area contributed by atoms with Crippen molar-refractivity contribution in [2.24, 2.45) is 0 Å². The molecule has 1 aliphatic rings. The molecule has 100 valence electrons. The van der Waals surface area contributed by atoms with Crippen LogP contribution >= 0.6 is 11.8 Å². The molecule has 0 bridgehead atoms. The number of benzene rings is 1. The Kier molecular flexibility index (Phi) is 3.64. The van der Waals surface area contributed by atoms with Crippen LogP contribution in [0.3, 0.4) is 0 Å². The van der Waals surface area contributed by atoms with Crippen LogP contribution in [0.4, 0.5) is 11.4 Å². The third-order valence-electron chi connectivity index (χ3n) is 3.33. The molecule has 0 amide bonds. The van der Waals surface area contributed by atoms with Crippen LogP contribution in [-0.4, -0.2) is 37.4 Å². The van der Waals surface area contributed by atoms with E-state index >= 15 is 0 Å². The minimum absolute atomic E-state index is 0.399. The van der Waals surface area contributed by atoms with Gasteiger partial charge in [-0.05, 0) is 39.1 Å². The molecule has 0 radical (unpaired) electrons. The van der Waals surface area contributed by atoms with E-state index in [0.717, 1.165) is 39.7 Å². The van der Waals surface area contributed by atoms with E-state index in [1.165, 1.54) is 0 Å². The Balaban J connectivity index is 2.38. The summed E-state index contributed by atoms with van der Waals surface area (Å²) in [6.45, 7) is 5.65. The Morgan fingerprint density at radius 3 is 2.44 bits per heavy atom. The first kappa shape index (κ1) is 13.4. The first-order valence-electron chi connectivity index (χ1n) is 6.04. The quantitative estimate of drug-likeness (QED) is 0.801. The zero-order chi connectivity index (χ0) is 13.4. The third kappa shape index (κ3) is 2.24. The number of thioether (sulfide) groups is 1. The largest absolute Gasteiger partial charge is 0.489 e. The fourth-order valence-electron chi connectivity index (χ4n) is 2.12. The summed E-state index contributed by atoms with van der Waals surface area (Å²) in [6, 6.07) is 0. The van der Waals surface area contributed by atoms with Crippen LogP contribution in [0.25, 0.3) is 0 Å². The lowest BCUT2D eigenvalue weighted by Gasteiger charge is -2.30. The summed E-state index contributed by atoms with van der Waals surface area (Å²) < 4.78 is 5.83. The van der Waals surface area contributed by atoms with Crippen molar-refractivity contribution in [2.75, 3.05) is 38.7 Å². The van der Waals surface area contributed by atoms with E-state index < -0.39 is 0 Å². The maximum absolute atomic E-state index is 6.20. The molecule has 1 aliphatic heterocycles. The fraction of sp³-hybridized carbons (Fsp3) is 0.538. The molecule has 0 spiro atoms. The maximum atomic E-state index is 6.20. The summed E-state index contributed by atoms with van der Waals surface area (Å²) in [6.07, 6.45) is 0. The molecule has 4 nitrogen and oxygen atoms in total. The molecule has 1 aromatic rings. The molecule has 2 rings (SSSR count). The van der Waals surface area contributed by atoms with Crippen molar-refractivity contribution < 1.29 is 4.74 Å². The van der Waals surface area contributed by atoms with Crippen molar-refractivity contribution in [1.82, 2.24) is 4.90 Å². The summed E-state index contributed by atoms with van der Waals surface area (Å²) in [5.41, 5.74) is 15.9. The zero-order valence-corrected chi connectivity index (χ0v) is 12.2. The number of nitrogen functional groups attached to an aromatic ring is 2. The summed E-state index contributed by atoms with van der Waals surface area (Å²) in [7, 11) is 4.13. The van der Waals surface area contributed by atoms with Gasteiger partial charge in [0.15, 0.2) is 5.75 Å². The van der Waals surface area contributed by atoms with Crippen LogP contribution in [0.15, 0.2) is 4.90 Å². The Morgan fingerprint density at radius 1 is 1.22 bits per heavy atom. The first-order chi connectivity index (χ1) is 8.41. The van der Waals surface area contributed by atoms with Crippen LogP contribution in [0.2, 0.25) is 0 Å². The molecule has 4 N–H and O–H groups in total. The number of ether oxygens (including phenoxy) is 1. The molecule has 0 saturated heterocycles. The topological polar surface area (TPSA) is 64.5 Å². The molecule has 0 aliphatic carbocycles. The van der Waals surface area contributed by atoms with Crippen molar-refractivity contribution >= 4 is 23.1 Å². The average molecular weight is 267 g/mol. The second kappa shape index (κ2) is 4.90. The minimum atomic E-state index is 0.399. The number of rotatable bonds is 2. The number of anilines is 2. The van der Waals surface area contributed by atoms with Gasteiger partial charge in [-0.1, -0.05) is 0 Å². The fourth-order valence-corrected chi connectivity index (χ4v) is 3.52. The molecular weight excluding hydrogens is 246 g/mol. The third-order valence-corrected chi connectivity index (χ3v) is 4.59. The van der Waals surface area contributed by atoms with Crippen molar-refractivity contribution in [3.05, 3.63) is 11.1 Å². The smallest absolute Gasteiger partial charge is 0.158 e. The molecule has 0 fully saturated rings. The second-order valence-electron chi connectivity index (χ2n) is 5.05. The van der Waals surface area contributed by atoms with Crippen LogP contribution in [-0.2, 0) is 0 Å². The van der Waals surface area contributed by atoms with E-state index in [0.29, 0.717) is 11.9 Å². The van der Waals surface area contributed by atoms with E-state index in [2.05, 4.69) is 19.0 Å². The van der Waals surface area contributed by atoms with Crippen molar-refractivity contribution in [1.29, 1.82) is 0 Å². The summed E-state index contributed by atoms with van der Waals surface area (Å²) in [5.74, 6) is 0.774. The van der Waals surface area contributed by atoms with Gasteiger partial charge in [0, 0.05) is 6.54 Å². The summed E-state index contributed by atoms with van der Waals surface area (Å²) in [5, 5.41) is 0.399. The molecule has 1 unspecified atom stereocenters. The Morgan fingerprint density at radius 2 is 1.83 bits per heavy atom. The standard InChI is InChI=1S/C13H21N3OS/c1-7-8(2)11(15)13-12(10(7)14)17-6-9(18-13)5-16(3)4/h9H,5-6,14-15H2,1-4H3. The SMILES string of the molecule is Cc1c(C)c(N)c2c(c1N)OCC(CN(C)C)S2. The van der Waals surface area contributed by atoms with Gasteiger partial charge in [-0.2, -0.15) is 0 Å². The van der Waals surface area contributed by atoms with Gasteiger partial charge in [0.25, 0.3) is 0 Å². The molecule has 5 heteroatoms. The highest BCUT2D eigenvalue weighted by molar-refractivity contribution is 8.00. The Hall–Kier alpha value is -1.07. The van der Waals surface area contributed by atoms with Gasteiger partial charge in [0.1, 0.15) is 6.61 Å². The van der Waals surface area contributed by atoms with Gasteiger partial charge in [-0.15, -0.1) is 11.8 Å². The van der Waals surface area contributed by atoms with Gasteiger partial charge < -0.3 is 21.1 Å². The van der Waals surface area contributed by atoms with Crippen LogP contribution in [0.5, 0.6) is 5.75 Å². The predicted molar refractivity (Wildman–Crippen MR) is 78.4 cm³/mol. The lowest BCUT2D eigenvalue weighted by Crippen LogP contribution is -2.31. The van der Waals surface area contributed by atoms with Gasteiger partial charge in [-0.25, -0.2) is 0 Å². The maximum Gasteiger partial charge on any atom is 0.158 e. The highest BCUT2D eigenvalue weighted by Gasteiger charge is 2.27. The Bertz CT molecular complexity index is 474. The summed E-state index contributed by atoms with van der Waals surface area (Å²) >= 11 is 1.78. The number of hydrogen-bond acceptors (Lipinski definition) is 5. The van der Waals surface area contributed by atoms with Crippen LogP contribution in [0.1, 0.15) is 11.1 Å². The molecule has 0 aromatic heterocycles. The van der Waals surface area contributed by atoms with E-state index in [4.69, 9.17) is 16.2 Å². The normalized spacial score (nSPS) is 18.6. The van der Waals surface area contributed by atoms with Gasteiger partial charge in [-0.3, -0.25) is 0 Å². The lowest BCUT2D eigenvalue weighted by atomic mass is 10.1. The van der Waals surface area contributed by atoms with Crippen molar-refractivity contribution in [3.63, 3.8) is 0 Å². The minimum Gasteiger partial charge on any atom is -0.489 e. The lowest BCUT2D eigenvalue weighted by molar-refractivity contribution is 0.277. The number of hydrogen-bond donors (Lipinski definition) is 2. The number of nitrogens with two attached hydrogens (primary N) is 2. The highest BCUT2D eigenvalue weighted by atomic mass is 32.2. The van der Waals surface area contributed by atoms with E-state index in [1.54, 1.807) is 11.8 Å². The second-order valence-corrected chi connectivity index (χ2v) is 6.36. The average Bonchev–Trinajstić information content (AvgIpc) is 2.33.